The predicted molar refractivity (Wildman–Crippen MR) is 43.3 cm³/mol. The molecule has 0 bridgehead atoms. The van der Waals surface area contributed by atoms with Crippen molar-refractivity contribution in [3.8, 4) is 0 Å². The summed E-state index contributed by atoms with van der Waals surface area (Å²) in [6.45, 7) is 1.89. The Hall–Kier alpha value is -0.0900. The summed E-state index contributed by atoms with van der Waals surface area (Å²) in [6, 6.07) is 0. The SMILES string of the molecule is CCC1C(OC)CCS1(=O)=O. The van der Waals surface area contributed by atoms with Gasteiger partial charge in [0.1, 0.15) is 0 Å². The highest BCUT2D eigenvalue weighted by molar-refractivity contribution is 7.92. The van der Waals surface area contributed by atoms with Gasteiger partial charge in [-0.05, 0) is 12.8 Å². The number of hydrogen-bond donors (Lipinski definition) is 0. The molecule has 0 spiro atoms. The van der Waals surface area contributed by atoms with Crippen molar-refractivity contribution in [2.45, 2.75) is 31.1 Å². The normalized spacial score (nSPS) is 35.8. The Morgan fingerprint density at radius 2 is 2.18 bits per heavy atom. The third-order valence-corrected chi connectivity index (χ3v) is 4.63. The molecule has 2 atom stereocenters. The molecule has 66 valence electrons. The molecule has 1 fully saturated rings. The van der Waals surface area contributed by atoms with Gasteiger partial charge >= 0.3 is 0 Å². The zero-order valence-electron chi connectivity index (χ0n) is 6.91. The van der Waals surface area contributed by atoms with Gasteiger partial charge in [-0.25, -0.2) is 8.42 Å². The summed E-state index contributed by atoms with van der Waals surface area (Å²) >= 11 is 0. The van der Waals surface area contributed by atoms with Crippen LogP contribution in [0, 0.1) is 0 Å². The fourth-order valence-corrected chi connectivity index (χ4v) is 3.72. The van der Waals surface area contributed by atoms with Crippen molar-refractivity contribution >= 4 is 9.84 Å². The first-order valence-corrected chi connectivity index (χ1v) is 5.57. The molecule has 0 aromatic rings. The minimum absolute atomic E-state index is 0.0648. The number of sulfone groups is 1. The van der Waals surface area contributed by atoms with Crippen LogP contribution in [0.1, 0.15) is 19.8 Å². The van der Waals surface area contributed by atoms with Gasteiger partial charge in [0.15, 0.2) is 9.84 Å². The highest BCUT2D eigenvalue weighted by Gasteiger charge is 2.38. The average Bonchev–Trinajstić information content (AvgIpc) is 2.24. The molecule has 1 aliphatic rings. The third kappa shape index (κ3) is 1.56. The minimum atomic E-state index is -2.82. The lowest BCUT2D eigenvalue weighted by Crippen LogP contribution is -2.26. The lowest BCUT2D eigenvalue weighted by atomic mass is 10.2. The van der Waals surface area contributed by atoms with E-state index in [0.717, 1.165) is 0 Å². The largest absolute Gasteiger partial charge is 0.380 e. The van der Waals surface area contributed by atoms with Crippen LogP contribution in [0.3, 0.4) is 0 Å². The summed E-state index contributed by atoms with van der Waals surface area (Å²) in [5.41, 5.74) is 0. The summed E-state index contributed by atoms with van der Waals surface area (Å²) in [7, 11) is -1.25. The second-order valence-electron chi connectivity index (χ2n) is 2.88. The van der Waals surface area contributed by atoms with Crippen molar-refractivity contribution in [1.82, 2.24) is 0 Å². The molecule has 3 nitrogen and oxygen atoms in total. The second kappa shape index (κ2) is 3.11. The maximum absolute atomic E-state index is 11.3. The lowest BCUT2D eigenvalue weighted by molar-refractivity contribution is 0.102. The van der Waals surface area contributed by atoms with Crippen LogP contribution in [-0.4, -0.2) is 32.6 Å². The van der Waals surface area contributed by atoms with E-state index in [1.807, 2.05) is 6.92 Å². The Morgan fingerprint density at radius 1 is 1.55 bits per heavy atom. The van der Waals surface area contributed by atoms with E-state index in [9.17, 15) is 8.42 Å². The summed E-state index contributed by atoms with van der Waals surface area (Å²) in [4.78, 5) is 0. The molecule has 0 aromatic carbocycles. The monoisotopic (exact) mass is 178 g/mol. The molecule has 1 saturated heterocycles. The maximum Gasteiger partial charge on any atom is 0.155 e. The molecule has 1 heterocycles. The molecule has 0 radical (unpaired) electrons. The first-order valence-electron chi connectivity index (χ1n) is 3.86. The summed E-state index contributed by atoms with van der Waals surface area (Å²) in [6.07, 6.45) is 1.27. The van der Waals surface area contributed by atoms with Crippen molar-refractivity contribution in [3.05, 3.63) is 0 Å². The Labute approximate surface area is 67.7 Å². The highest BCUT2D eigenvalue weighted by atomic mass is 32.2. The van der Waals surface area contributed by atoms with Crippen LogP contribution in [0.15, 0.2) is 0 Å². The molecule has 0 amide bonds. The fourth-order valence-electron chi connectivity index (χ4n) is 1.64. The Bertz CT molecular complexity index is 220. The van der Waals surface area contributed by atoms with Gasteiger partial charge in [-0.2, -0.15) is 0 Å². The molecule has 1 rings (SSSR count). The smallest absolute Gasteiger partial charge is 0.155 e. The van der Waals surface area contributed by atoms with Crippen LogP contribution in [0.25, 0.3) is 0 Å². The Kier molecular flexibility index (Phi) is 2.54. The van der Waals surface area contributed by atoms with Gasteiger partial charge in [0, 0.05) is 7.11 Å². The quantitative estimate of drug-likeness (QED) is 0.622. The molecule has 0 aliphatic carbocycles. The lowest BCUT2D eigenvalue weighted by Gasteiger charge is -2.14. The second-order valence-corrected chi connectivity index (χ2v) is 5.22. The number of methoxy groups -OCH3 is 1. The van der Waals surface area contributed by atoms with Gasteiger partial charge in [-0.15, -0.1) is 0 Å². The maximum atomic E-state index is 11.3. The Balaban J connectivity index is 2.80. The van der Waals surface area contributed by atoms with Gasteiger partial charge in [0.05, 0.1) is 17.1 Å². The van der Waals surface area contributed by atoms with E-state index in [2.05, 4.69) is 0 Å². The zero-order chi connectivity index (χ0) is 8.48. The molecular weight excluding hydrogens is 164 g/mol. The number of hydrogen-bond acceptors (Lipinski definition) is 3. The molecule has 0 aromatic heterocycles. The van der Waals surface area contributed by atoms with Gasteiger partial charge in [0.25, 0.3) is 0 Å². The van der Waals surface area contributed by atoms with Crippen molar-refractivity contribution in [2.24, 2.45) is 0 Å². The van der Waals surface area contributed by atoms with Crippen LogP contribution >= 0.6 is 0 Å². The minimum Gasteiger partial charge on any atom is -0.380 e. The first-order chi connectivity index (χ1) is 5.11. The third-order valence-electron chi connectivity index (χ3n) is 2.27. The van der Waals surface area contributed by atoms with Crippen LogP contribution in [0.2, 0.25) is 0 Å². The zero-order valence-corrected chi connectivity index (χ0v) is 7.73. The van der Waals surface area contributed by atoms with Crippen molar-refractivity contribution in [3.63, 3.8) is 0 Å². The molecule has 1 aliphatic heterocycles. The molecule has 0 saturated carbocycles. The molecule has 2 unspecified atom stereocenters. The van der Waals surface area contributed by atoms with Gasteiger partial charge < -0.3 is 4.74 Å². The van der Waals surface area contributed by atoms with E-state index in [4.69, 9.17) is 4.74 Å². The Morgan fingerprint density at radius 3 is 2.55 bits per heavy atom. The van der Waals surface area contributed by atoms with Crippen molar-refractivity contribution in [2.75, 3.05) is 12.9 Å². The van der Waals surface area contributed by atoms with Gasteiger partial charge in [-0.3, -0.25) is 0 Å². The average molecular weight is 178 g/mol. The molecule has 11 heavy (non-hydrogen) atoms. The van der Waals surface area contributed by atoms with E-state index >= 15 is 0 Å². The van der Waals surface area contributed by atoms with Crippen LogP contribution in [-0.2, 0) is 14.6 Å². The van der Waals surface area contributed by atoms with Gasteiger partial charge in [0.2, 0.25) is 0 Å². The van der Waals surface area contributed by atoms with Gasteiger partial charge in [-0.1, -0.05) is 6.92 Å². The molecule has 4 heteroatoms. The topological polar surface area (TPSA) is 43.4 Å². The van der Waals surface area contributed by atoms with Crippen LogP contribution in [0.5, 0.6) is 0 Å². The fraction of sp³-hybridized carbons (Fsp3) is 1.00. The van der Waals surface area contributed by atoms with E-state index in [1.165, 1.54) is 0 Å². The van der Waals surface area contributed by atoms with Crippen LogP contribution < -0.4 is 0 Å². The van der Waals surface area contributed by atoms with E-state index in [0.29, 0.717) is 18.6 Å². The van der Waals surface area contributed by atoms with Crippen molar-refractivity contribution in [1.29, 1.82) is 0 Å². The molecular formula is C7H14O3S. The highest BCUT2D eigenvalue weighted by Crippen LogP contribution is 2.25. The summed E-state index contributed by atoms with van der Waals surface area (Å²) in [5.74, 6) is 0.296. The van der Waals surface area contributed by atoms with E-state index in [-0.39, 0.29) is 11.4 Å². The summed E-state index contributed by atoms with van der Waals surface area (Å²) < 4.78 is 27.6. The summed E-state index contributed by atoms with van der Waals surface area (Å²) in [5, 5.41) is -0.257. The first kappa shape index (κ1) is 9.00. The van der Waals surface area contributed by atoms with E-state index in [1.54, 1.807) is 7.11 Å². The van der Waals surface area contributed by atoms with E-state index < -0.39 is 9.84 Å². The number of rotatable bonds is 2. The number of ether oxygens (including phenoxy) is 1. The predicted octanol–water partition coefficient (Wildman–Crippen LogP) is 0.599. The molecule has 0 N–H and O–H groups in total. The van der Waals surface area contributed by atoms with Crippen molar-refractivity contribution < 1.29 is 13.2 Å². The standard InChI is InChI=1S/C7H14O3S/c1-3-7-6(10-2)4-5-11(7,8)9/h6-7H,3-5H2,1-2H3. The van der Waals surface area contributed by atoms with Crippen LogP contribution in [0.4, 0.5) is 0 Å².